The Balaban J connectivity index is 3.24. The van der Waals surface area contributed by atoms with Crippen LogP contribution in [0.25, 0.3) is 0 Å². The van der Waals surface area contributed by atoms with Crippen LogP contribution in [0.5, 0.6) is 0 Å². The molecule has 0 spiro atoms. The minimum absolute atomic E-state index is 0.239. The highest BCUT2D eigenvalue weighted by Crippen LogP contribution is 2.15. The van der Waals surface area contributed by atoms with Crippen LogP contribution < -0.4 is 0 Å². The van der Waals surface area contributed by atoms with Crippen molar-refractivity contribution in [3.05, 3.63) is 59.4 Å². The molecule has 0 saturated carbocycles. The molecule has 0 N–H and O–H groups in total. The first kappa shape index (κ1) is 12.4. The first-order valence-corrected chi connectivity index (χ1v) is 5.13. The number of hydrogen-bond acceptors (Lipinski definition) is 1. The Morgan fingerprint density at radius 2 is 1.81 bits per heavy atom. The van der Waals surface area contributed by atoms with Gasteiger partial charge in [-0.25, -0.2) is 4.39 Å². The van der Waals surface area contributed by atoms with E-state index in [0.29, 0.717) is 0 Å². The van der Waals surface area contributed by atoms with Gasteiger partial charge < -0.3 is 0 Å². The zero-order valence-electron chi connectivity index (χ0n) is 9.92. The van der Waals surface area contributed by atoms with Crippen molar-refractivity contribution in [3.8, 4) is 0 Å². The van der Waals surface area contributed by atoms with Gasteiger partial charge in [-0.2, -0.15) is 0 Å². The van der Waals surface area contributed by atoms with Crippen LogP contribution >= 0.6 is 0 Å². The average Bonchev–Trinajstić information content (AvgIpc) is 2.26. The van der Waals surface area contributed by atoms with E-state index in [4.69, 9.17) is 0 Å². The minimum atomic E-state index is -0.239. The predicted octanol–water partition coefficient (Wildman–Crippen LogP) is 3.77. The predicted molar refractivity (Wildman–Crippen MR) is 67.4 cm³/mol. The SMILES string of the molecule is C=CC(C(=NC)c1ccc(F)cc1)=C(C)C. The third-order valence-corrected chi connectivity index (χ3v) is 2.34. The smallest absolute Gasteiger partial charge is 0.123 e. The van der Waals surface area contributed by atoms with Gasteiger partial charge in [-0.1, -0.05) is 18.2 Å². The van der Waals surface area contributed by atoms with E-state index >= 15 is 0 Å². The van der Waals surface area contributed by atoms with E-state index in [1.54, 1.807) is 25.3 Å². The fourth-order valence-electron chi connectivity index (χ4n) is 1.55. The number of hydrogen-bond donors (Lipinski definition) is 0. The number of nitrogens with zero attached hydrogens (tertiary/aromatic N) is 1. The highest BCUT2D eigenvalue weighted by molar-refractivity contribution is 6.14. The summed E-state index contributed by atoms with van der Waals surface area (Å²) in [7, 11) is 1.73. The van der Waals surface area contributed by atoms with Crippen molar-refractivity contribution in [1.82, 2.24) is 0 Å². The summed E-state index contributed by atoms with van der Waals surface area (Å²) in [4.78, 5) is 4.25. The van der Waals surface area contributed by atoms with Crippen molar-refractivity contribution in [3.63, 3.8) is 0 Å². The number of halogens is 1. The lowest BCUT2D eigenvalue weighted by atomic mass is 9.99. The molecule has 2 heteroatoms. The zero-order valence-corrected chi connectivity index (χ0v) is 9.92. The summed E-state index contributed by atoms with van der Waals surface area (Å²) in [6.07, 6.45) is 1.78. The Labute approximate surface area is 96.0 Å². The van der Waals surface area contributed by atoms with Gasteiger partial charge in [0.2, 0.25) is 0 Å². The molecule has 1 aromatic rings. The van der Waals surface area contributed by atoms with Crippen LogP contribution in [0.2, 0.25) is 0 Å². The maximum Gasteiger partial charge on any atom is 0.123 e. The third kappa shape index (κ3) is 2.66. The Hall–Kier alpha value is -1.70. The second-order valence-corrected chi connectivity index (χ2v) is 3.70. The van der Waals surface area contributed by atoms with E-state index in [2.05, 4.69) is 11.6 Å². The highest BCUT2D eigenvalue weighted by atomic mass is 19.1. The summed E-state index contributed by atoms with van der Waals surface area (Å²) in [6, 6.07) is 6.33. The van der Waals surface area contributed by atoms with Crippen LogP contribution in [0, 0.1) is 5.82 Å². The fourth-order valence-corrected chi connectivity index (χ4v) is 1.55. The van der Waals surface area contributed by atoms with E-state index in [1.165, 1.54) is 12.1 Å². The van der Waals surface area contributed by atoms with Gasteiger partial charge in [0.1, 0.15) is 5.82 Å². The standard InChI is InChI=1S/C14H16FN/c1-5-13(10(2)3)14(16-4)11-6-8-12(15)9-7-11/h5-9H,1H2,2-4H3. The van der Waals surface area contributed by atoms with Crippen LogP contribution in [0.1, 0.15) is 19.4 Å². The van der Waals surface area contributed by atoms with E-state index < -0.39 is 0 Å². The van der Waals surface area contributed by atoms with Crippen LogP contribution in [-0.4, -0.2) is 12.8 Å². The van der Waals surface area contributed by atoms with E-state index in [-0.39, 0.29) is 5.82 Å². The van der Waals surface area contributed by atoms with Crippen LogP contribution in [0.3, 0.4) is 0 Å². The van der Waals surface area contributed by atoms with Crippen molar-refractivity contribution in [2.24, 2.45) is 4.99 Å². The van der Waals surface area contributed by atoms with Gasteiger partial charge in [0, 0.05) is 12.6 Å². The average molecular weight is 217 g/mol. The molecule has 0 heterocycles. The van der Waals surface area contributed by atoms with E-state index in [0.717, 1.165) is 22.4 Å². The minimum Gasteiger partial charge on any atom is -0.287 e. The van der Waals surface area contributed by atoms with Gasteiger partial charge in [0.15, 0.2) is 0 Å². The lowest BCUT2D eigenvalue weighted by Crippen LogP contribution is -2.05. The molecule has 0 bridgehead atoms. The molecule has 0 aliphatic carbocycles. The molecule has 0 amide bonds. The first-order chi connectivity index (χ1) is 7.60. The summed E-state index contributed by atoms with van der Waals surface area (Å²) < 4.78 is 12.8. The van der Waals surface area contributed by atoms with Gasteiger partial charge >= 0.3 is 0 Å². The molecule has 0 atom stereocenters. The third-order valence-electron chi connectivity index (χ3n) is 2.34. The van der Waals surface area contributed by atoms with Crippen LogP contribution in [0.4, 0.5) is 4.39 Å². The van der Waals surface area contributed by atoms with Crippen molar-refractivity contribution in [2.45, 2.75) is 13.8 Å². The van der Waals surface area contributed by atoms with Gasteiger partial charge in [0.05, 0.1) is 5.71 Å². The molecule has 0 aliphatic rings. The van der Waals surface area contributed by atoms with E-state index in [9.17, 15) is 4.39 Å². The van der Waals surface area contributed by atoms with Crippen LogP contribution in [0.15, 0.2) is 53.1 Å². The number of allylic oxidation sites excluding steroid dienone is 3. The largest absolute Gasteiger partial charge is 0.287 e. The first-order valence-electron chi connectivity index (χ1n) is 5.13. The molecule has 1 nitrogen and oxygen atoms in total. The molecule has 1 rings (SSSR count). The molecule has 0 fully saturated rings. The molecule has 0 aromatic heterocycles. The normalized spacial score (nSPS) is 11.1. The van der Waals surface area contributed by atoms with Crippen molar-refractivity contribution >= 4 is 5.71 Å². The van der Waals surface area contributed by atoms with Crippen LogP contribution in [-0.2, 0) is 0 Å². The molecule has 1 aromatic carbocycles. The highest BCUT2D eigenvalue weighted by Gasteiger charge is 2.07. The Bertz CT molecular complexity index is 434. The number of aliphatic imine (C=N–C) groups is 1. The molecular weight excluding hydrogens is 201 g/mol. The molecule has 0 unspecified atom stereocenters. The maximum absolute atomic E-state index is 12.8. The number of rotatable bonds is 3. The van der Waals surface area contributed by atoms with Gasteiger partial charge in [0.25, 0.3) is 0 Å². The maximum atomic E-state index is 12.8. The quantitative estimate of drug-likeness (QED) is 0.540. The molecule has 0 saturated heterocycles. The van der Waals surface area contributed by atoms with Gasteiger partial charge in [-0.3, -0.25) is 4.99 Å². The lowest BCUT2D eigenvalue weighted by Gasteiger charge is -2.09. The lowest BCUT2D eigenvalue weighted by molar-refractivity contribution is 0.628. The Morgan fingerprint density at radius 3 is 2.19 bits per heavy atom. The summed E-state index contributed by atoms with van der Waals surface area (Å²) in [6.45, 7) is 7.79. The van der Waals surface area contributed by atoms with E-state index in [1.807, 2.05) is 13.8 Å². The second kappa shape index (κ2) is 5.40. The summed E-state index contributed by atoms with van der Waals surface area (Å²) in [5.41, 5.74) is 3.88. The molecule has 0 radical (unpaired) electrons. The fraction of sp³-hybridized carbons (Fsp3) is 0.214. The Morgan fingerprint density at radius 1 is 1.25 bits per heavy atom. The monoisotopic (exact) mass is 217 g/mol. The topological polar surface area (TPSA) is 12.4 Å². The summed E-state index contributed by atoms with van der Waals surface area (Å²) >= 11 is 0. The summed E-state index contributed by atoms with van der Waals surface area (Å²) in [5.74, 6) is -0.239. The van der Waals surface area contributed by atoms with Crippen molar-refractivity contribution < 1.29 is 4.39 Å². The molecule has 16 heavy (non-hydrogen) atoms. The summed E-state index contributed by atoms with van der Waals surface area (Å²) in [5, 5.41) is 0. The zero-order chi connectivity index (χ0) is 12.1. The van der Waals surface area contributed by atoms with Gasteiger partial charge in [-0.05, 0) is 43.7 Å². The number of benzene rings is 1. The molecular formula is C14H16FN. The Kier molecular flexibility index (Phi) is 4.18. The molecule has 0 aliphatic heterocycles. The van der Waals surface area contributed by atoms with Crippen molar-refractivity contribution in [2.75, 3.05) is 7.05 Å². The molecule has 84 valence electrons. The second-order valence-electron chi connectivity index (χ2n) is 3.70. The van der Waals surface area contributed by atoms with Gasteiger partial charge in [-0.15, -0.1) is 0 Å². The van der Waals surface area contributed by atoms with Crippen molar-refractivity contribution in [1.29, 1.82) is 0 Å².